The van der Waals surface area contributed by atoms with Crippen LogP contribution in [0.5, 0.6) is 5.75 Å². The Kier molecular flexibility index (Phi) is 7.05. The van der Waals surface area contributed by atoms with Gasteiger partial charge in [-0.25, -0.2) is 0 Å². The number of methoxy groups -OCH3 is 1. The van der Waals surface area contributed by atoms with Crippen LogP contribution < -0.4 is 15.0 Å². The number of anilines is 2. The molecule has 168 valence electrons. The maximum Gasteiger partial charge on any atom is 0.253 e. The number of hydrogen-bond donors (Lipinski definition) is 1. The minimum Gasteiger partial charge on any atom is -0.497 e. The molecule has 4 rings (SSSR count). The Morgan fingerprint density at radius 1 is 0.848 bits per heavy atom. The Balaban J connectivity index is 1.28. The fourth-order valence-corrected chi connectivity index (χ4v) is 3.76. The van der Waals surface area contributed by atoms with E-state index in [1.165, 1.54) is 6.08 Å². The van der Waals surface area contributed by atoms with Crippen LogP contribution in [0.15, 0.2) is 84.9 Å². The lowest BCUT2D eigenvalue weighted by Gasteiger charge is -2.36. The zero-order valence-electron chi connectivity index (χ0n) is 18.6. The number of carbonyl (C=O) groups is 2. The van der Waals surface area contributed by atoms with E-state index < -0.39 is 0 Å². The Morgan fingerprint density at radius 3 is 2.15 bits per heavy atom. The van der Waals surface area contributed by atoms with Crippen LogP contribution >= 0.6 is 0 Å². The number of rotatable bonds is 6. The van der Waals surface area contributed by atoms with Crippen molar-refractivity contribution >= 4 is 29.3 Å². The molecule has 0 atom stereocenters. The summed E-state index contributed by atoms with van der Waals surface area (Å²) in [6.45, 7) is 2.91. The van der Waals surface area contributed by atoms with E-state index in [1.807, 2.05) is 83.8 Å². The molecule has 6 heteroatoms. The van der Waals surface area contributed by atoms with E-state index in [0.29, 0.717) is 13.1 Å². The number of benzene rings is 3. The smallest absolute Gasteiger partial charge is 0.253 e. The van der Waals surface area contributed by atoms with Crippen molar-refractivity contribution in [2.45, 2.75) is 0 Å². The Labute approximate surface area is 194 Å². The lowest BCUT2D eigenvalue weighted by molar-refractivity contribution is -0.111. The van der Waals surface area contributed by atoms with Gasteiger partial charge in [0.05, 0.1) is 7.11 Å². The van der Waals surface area contributed by atoms with Crippen molar-refractivity contribution < 1.29 is 14.3 Å². The number of hydrogen-bond acceptors (Lipinski definition) is 4. The highest BCUT2D eigenvalue weighted by molar-refractivity contribution is 6.02. The van der Waals surface area contributed by atoms with Crippen LogP contribution in [-0.4, -0.2) is 50.0 Å². The van der Waals surface area contributed by atoms with E-state index in [0.717, 1.165) is 41.3 Å². The highest BCUT2D eigenvalue weighted by atomic mass is 16.5. The van der Waals surface area contributed by atoms with Gasteiger partial charge in [-0.2, -0.15) is 0 Å². The second kappa shape index (κ2) is 10.5. The number of nitrogens with zero attached hydrogens (tertiary/aromatic N) is 2. The summed E-state index contributed by atoms with van der Waals surface area (Å²) < 4.78 is 5.14. The predicted molar refractivity (Wildman–Crippen MR) is 132 cm³/mol. The molecule has 0 saturated carbocycles. The molecule has 6 nitrogen and oxygen atoms in total. The lowest BCUT2D eigenvalue weighted by Crippen LogP contribution is -2.48. The zero-order valence-corrected chi connectivity index (χ0v) is 18.6. The molecule has 0 spiro atoms. The van der Waals surface area contributed by atoms with Crippen LogP contribution in [0.1, 0.15) is 15.9 Å². The normalized spacial score (nSPS) is 13.7. The second-order valence-corrected chi connectivity index (χ2v) is 7.79. The first-order chi connectivity index (χ1) is 16.1. The first kappa shape index (κ1) is 22.1. The van der Waals surface area contributed by atoms with E-state index in [1.54, 1.807) is 13.2 Å². The van der Waals surface area contributed by atoms with E-state index in [-0.39, 0.29) is 11.8 Å². The van der Waals surface area contributed by atoms with Crippen LogP contribution in [0.25, 0.3) is 6.08 Å². The Morgan fingerprint density at radius 2 is 1.52 bits per heavy atom. The number of carbonyl (C=O) groups excluding carboxylic acids is 2. The van der Waals surface area contributed by atoms with Crippen LogP contribution in [0, 0.1) is 0 Å². The summed E-state index contributed by atoms with van der Waals surface area (Å²) in [5.74, 6) is 0.670. The number of piperazine rings is 1. The van der Waals surface area contributed by atoms with E-state index in [4.69, 9.17) is 4.74 Å². The van der Waals surface area contributed by atoms with Crippen LogP contribution in [-0.2, 0) is 4.79 Å². The third-order valence-electron chi connectivity index (χ3n) is 5.63. The van der Waals surface area contributed by atoms with Gasteiger partial charge in [0.25, 0.3) is 5.91 Å². The summed E-state index contributed by atoms with van der Waals surface area (Å²) in [4.78, 5) is 29.0. The van der Waals surface area contributed by atoms with Gasteiger partial charge < -0.3 is 19.9 Å². The topological polar surface area (TPSA) is 61.9 Å². The van der Waals surface area contributed by atoms with Crippen molar-refractivity contribution in [2.75, 3.05) is 43.5 Å². The second-order valence-electron chi connectivity index (χ2n) is 7.79. The Bertz CT molecular complexity index is 1100. The van der Waals surface area contributed by atoms with Crippen molar-refractivity contribution in [2.24, 2.45) is 0 Å². The summed E-state index contributed by atoms with van der Waals surface area (Å²) in [6, 6.07) is 24.7. The molecule has 1 heterocycles. The van der Waals surface area contributed by atoms with Gasteiger partial charge in [0.15, 0.2) is 0 Å². The molecule has 1 saturated heterocycles. The average Bonchev–Trinajstić information content (AvgIpc) is 2.88. The molecular formula is C27H27N3O3. The third kappa shape index (κ3) is 5.80. The van der Waals surface area contributed by atoms with E-state index in [2.05, 4.69) is 10.2 Å². The maximum absolute atomic E-state index is 12.6. The molecular weight excluding hydrogens is 414 g/mol. The molecule has 1 N–H and O–H groups in total. The van der Waals surface area contributed by atoms with Crippen LogP contribution in [0.4, 0.5) is 11.4 Å². The fraction of sp³-hybridized carbons (Fsp3) is 0.185. The van der Waals surface area contributed by atoms with Crippen molar-refractivity contribution in [1.29, 1.82) is 0 Å². The predicted octanol–water partition coefficient (Wildman–Crippen LogP) is 4.31. The fourth-order valence-electron chi connectivity index (χ4n) is 3.76. The minimum atomic E-state index is -0.188. The molecule has 2 amide bonds. The van der Waals surface area contributed by atoms with Gasteiger partial charge in [-0.05, 0) is 60.2 Å². The summed E-state index contributed by atoms with van der Waals surface area (Å²) in [6.07, 6.45) is 3.28. The van der Waals surface area contributed by atoms with Gasteiger partial charge in [0.1, 0.15) is 5.75 Å². The maximum atomic E-state index is 12.6. The first-order valence-corrected chi connectivity index (χ1v) is 10.9. The number of nitrogens with one attached hydrogen (secondary N) is 1. The molecule has 0 radical (unpaired) electrons. The standard InChI is InChI=1S/C27H27N3O3/c1-33-25-14-7-21(8-15-25)9-16-26(31)28-23-10-12-24(13-11-23)29-17-19-30(20-18-29)27(32)22-5-3-2-4-6-22/h2-16H,17-20H2,1H3,(H,28,31). The molecule has 1 fully saturated rings. The molecule has 0 bridgehead atoms. The monoisotopic (exact) mass is 441 g/mol. The lowest BCUT2D eigenvalue weighted by atomic mass is 10.1. The molecule has 0 aromatic heterocycles. The molecule has 3 aromatic carbocycles. The SMILES string of the molecule is COc1ccc(C=CC(=O)Nc2ccc(N3CCN(C(=O)c4ccccc4)CC3)cc2)cc1. The molecule has 1 aliphatic rings. The van der Waals surface area contributed by atoms with Gasteiger partial charge in [0.2, 0.25) is 5.91 Å². The molecule has 0 unspecified atom stereocenters. The number of ether oxygens (including phenoxy) is 1. The average molecular weight is 442 g/mol. The minimum absolute atomic E-state index is 0.0796. The molecule has 0 aliphatic carbocycles. The molecule has 1 aliphatic heterocycles. The summed E-state index contributed by atoms with van der Waals surface area (Å²) >= 11 is 0. The van der Waals surface area contributed by atoms with Crippen molar-refractivity contribution in [3.05, 3.63) is 96.1 Å². The quantitative estimate of drug-likeness (QED) is 0.579. The summed E-state index contributed by atoms with van der Waals surface area (Å²) in [5, 5.41) is 2.88. The van der Waals surface area contributed by atoms with E-state index in [9.17, 15) is 9.59 Å². The van der Waals surface area contributed by atoms with E-state index >= 15 is 0 Å². The first-order valence-electron chi connectivity index (χ1n) is 10.9. The van der Waals surface area contributed by atoms with Gasteiger partial charge in [-0.1, -0.05) is 30.3 Å². The zero-order chi connectivity index (χ0) is 23.0. The van der Waals surface area contributed by atoms with Gasteiger partial charge in [0, 0.05) is 49.2 Å². The van der Waals surface area contributed by atoms with Crippen LogP contribution in [0.3, 0.4) is 0 Å². The summed E-state index contributed by atoms with van der Waals surface area (Å²) in [5.41, 5.74) is 3.47. The van der Waals surface area contributed by atoms with Crippen molar-refractivity contribution in [3.8, 4) is 5.75 Å². The number of amides is 2. The van der Waals surface area contributed by atoms with Gasteiger partial charge in [-0.15, -0.1) is 0 Å². The van der Waals surface area contributed by atoms with Crippen LogP contribution in [0.2, 0.25) is 0 Å². The van der Waals surface area contributed by atoms with Crippen molar-refractivity contribution in [3.63, 3.8) is 0 Å². The Hall–Kier alpha value is -4.06. The largest absolute Gasteiger partial charge is 0.497 e. The van der Waals surface area contributed by atoms with Gasteiger partial charge in [-0.3, -0.25) is 9.59 Å². The molecule has 3 aromatic rings. The molecule has 33 heavy (non-hydrogen) atoms. The van der Waals surface area contributed by atoms with Crippen molar-refractivity contribution in [1.82, 2.24) is 4.90 Å². The summed E-state index contributed by atoms with van der Waals surface area (Å²) in [7, 11) is 1.62. The highest BCUT2D eigenvalue weighted by Crippen LogP contribution is 2.20. The third-order valence-corrected chi connectivity index (χ3v) is 5.63. The van der Waals surface area contributed by atoms with Gasteiger partial charge >= 0.3 is 0 Å². The highest BCUT2D eigenvalue weighted by Gasteiger charge is 2.22.